The quantitative estimate of drug-likeness (QED) is 0.507. The van der Waals surface area contributed by atoms with Crippen LogP contribution in [0.3, 0.4) is 0 Å². The number of nitrogens with two attached hydrogens (primary N) is 1. The molecule has 3 aromatic rings. The number of pyridine rings is 1. The van der Waals surface area contributed by atoms with Gasteiger partial charge in [0.05, 0.1) is 23.8 Å². The topological polar surface area (TPSA) is 125 Å². The zero-order chi connectivity index (χ0) is 20.6. The fraction of sp³-hybridized carbons (Fsp3) is 0.400. The molecule has 0 saturated carbocycles. The van der Waals surface area contributed by atoms with E-state index >= 15 is 0 Å². The van der Waals surface area contributed by atoms with E-state index in [2.05, 4.69) is 35.7 Å². The van der Waals surface area contributed by atoms with Gasteiger partial charge >= 0.3 is 0 Å². The van der Waals surface area contributed by atoms with Crippen molar-refractivity contribution in [1.29, 1.82) is 0 Å². The van der Waals surface area contributed by atoms with Crippen molar-refractivity contribution in [3.63, 3.8) is 0 Å². The van der Waals surface area contributed by atoms with E-state index in [-0.39, 0.29) is 5.91 Å². The number of aromatic nitrogens is 4. The fourth-order valence-electron chi connectivity index (χ4n) is 4.30. The van der Waals surface area contributed by atoms with Crippen LogP contribution in [-0.4, -0.2) is 52.3 Å². The molecule has 30 heavy (non-hydrogen) atoms. The Labute approximate surface area is 178 Å². The van der Waals surface area contributed by atoms with Gasteiger partial charge in [0.2, 0.25) is 0 Å². The van der Waals surface area contributed by atoms with Crippen molar-refractivity contribution in [2.45, 2.75) is 19.3 Å². The van der Waals surface area contributed by atoms with Crippen molar-refractivity contribution in [2.24, 2.45) is 5.41 Å². The summed E-state index contributed by atoms with van der Waals surface area (Å²) in [5.41, 5.74) is 8.74. The highest BCUT2D eigenvalue weighted by Crippen LogP contribution is 2.39. The molecule has 5 heterocycles. The minimum absolute atomic E-state index is 0.275. The zero-order valence-electron chi connectivity index (χ0n) is 16.5. The number of hydrogen-bond acceptors (Lipinski definition) is 8. The largest absolute Gasteiger partial charge is 0.397 e. The van der Waals surface area contributed by atoms with E-state index in [1.54, 1.807) is 30.0 Å². The standard InChI is InChI=1S/C20H24N8OS/c21-14-7-15(26-18(29)16-11-30-19(27-16)13-8-24-25-9-13)17(23-10-14)28-5-2-20(3-6-28)1-4-22-12-20/h7-11,22H,1-6,12,21H2,(H,24,25)(H,26,29). The van der Waals surface area contributed by atoms with Crippen LogP contribution in [0.1, 0.15) is 29.8 Å². The first-order valence-electron chi connectivity index (χ1n) is 10.1. The molecule has 5 rings (SSSR count). The molecule has 2 fully saturated rings. The van der Waals surface area contributed by atoms with Crippen LogP contribution >= 0.6 is 11.3 Å². The summed E-state index contributed by atoms with van der Waals surface area (Å²) in [6, 6.07) is 1.77. The fourth-order valence-corrected chi connectivity index (χ4v) is 5.08. The highest BCUT2D eigenvalue weighted by atomic mass is 32.1. The number of nitrogen functional groups attached to an aromatic ring is 1. The molecule has 2 aliphatic rings. The zero-order valence-corrected chi connectivity index (χ0v) is 17.3. The van der Waals surface area contributed by atoms with Crippen LogP contribution in [0.5, 0.6) is 0 Å². The molecule has 2 aliphatic heterocycles. The van der Waals surface area contributed by atoms with E-state index in [0.717, 1.165) is 55.4 Å². The molecule has 0 radical (unpaired) electrons. The smallest absolute Gasteiger partial charge is 0.275 e. The van der Waals surface area contributed by atoms with Crippen LogP contribution in [0, 0.1) is 5.41 Å². The molecule has 0 aromatic carbocycles. The van der Waals surface area contributed by atoms with Gasteiger partial charge in [-0.15, -0.1) is 11.3 Å². The second kappa shape index (κ2) is 7.69. The Morgan fingerprint density at radius 2 is 2.13 bits per heavy atom. The minimum atomic E-state index is -0.275. The van der Waals surface area contributed by atoms with Crippen LogP contribution < -0.4 is 21.3 Å². The first kappa shape index (κ1) is 19.0. The Morgan fingerprint density at radius 1 is 1.27 bits per heavy atom. The maximum atomic E-state index is 12.9. The molecule has 3 aromatic heterocycles. The van der Waals surface area contributed by atoms with E-state index in [4.69, 9.17) is 5.73 Å². The van der Waals surface area contributed by atoms with Gasteiger partial charge in [-0.1, -0.05) is 0 Å². The number of carbonyl (C=O) groups is 1. The van der Waals surface area contributed by atoms with Crippen molar-refractivity contribution in [2.75, 3.05) is 42.1 Å². The SMILES string of the molecule is Nc1cnc(N2CCC3(CCNC3)CC2)c(NC(=O)c2csc(-c3cn[nH]c3)n2)c1. The van der Waals surface area contributed by atoms with Crippen molar-refractivity contribution in [1.82, 2.24) is 25.5 Å². The molecule has 9 nitrogen and oxygen atoms in total. The van der Waals surface area contributed by atoms with Gasteiger partial charge in [-0.3, -0.25) is 9.89 Å². The Kier molecular flexibility index (Phi) is 4.87. The minimum Gasteiger partial charge on any atom is -0.397 e. The van der Waals surface area contributed by atoms with Gasteiger partial charge in [-0.25, -0.2) is 9.97 Å². The summed E-state index contributed by atoms with van der Waals surface area (Å²) in [6.45, 7) is 4.05. The van der Waals surface area contributed by atoms with Gasteiger partial charge in [-0.2, -0.15) is 5.10 Å². The van der Waals surface area contributed by atoms with E-state index in [1.807, 2.05) is 0 Å². The lowest BCUT2D eigenvalue weighted by Crippen LogP contribution is -2.42. The third kappa shape index (κ3) is 3.63. The maximum Gasteiger partial charge on any atom is 0.275 e. The number of anilines is 3. The predicted molar refractivity (Wildman–Crippen MR) is 118 cm³/mol. The lowest BCUT2D eigenvalue weighted by Gasteiger charge is -2.40. The average molecular weight is 425 g/mol. The summed E-state index contributed by atoms with van der Waals surface area (Å²) in [5, 5.41) is 15.6. The van der Waals surface area contributed by atoms with Crippen molar-refractivity contribution >= 4 is 34.4 Å². The molecule has 2 saturated heterocycles. The van der Waals surface area contributed by atoms with Gasteiger partial charge in [-0.05, 0) is 37.3 Å². The monoisotopic (exact) mass is 424 g/mol. The number of thiazole rings is 1. The molecule has 1 amide bonds. The number of carbonyl (C=O) groups excluding carboxylic acids is 1. The second-order valence-corrected chi connectivity index (χ2v) is 8.89. The van der Waals surface area contributed by atoms with Crippen molar-refractivity contribution in [3.8, 4) is 10.6 Å². The molecule has 0 aliphatic carbocycles. The first-order chi connectivity index (χ1) is 14.6. The molecule has 1 spiro atoms. The molecule has 5 N–H and O–H groups in total. The van der Waals surface area contributed by atoms with E-state index in [0.29, 0.717) is 22.5 Å². The number of hydrogen-bond donors (Lipinski definition) is 4. The molecule has 0 atom stereocenters. The van der Waals surface area contributed by atoms with Crippen LogP contribution in [-0.2, 0) is 0 Å². The van der Waals surface area contributed by atoms with E-state index < -0.39 is 0 Å². The Hall–Kier alpha value is -2.98. The number of nitrogens with one attached hydrogen (secondary N) is 3. The van der Waals surface area contributed by atoms with E-state index in [1.165, 1.54) is 17.8 Å². The van der Waals surface area contributed by atoms with Crippen LogP contribution in [0.2, 0.25) is 0 Å². The predicted octanol–water partition coefficient (Wildman–Crippen LogP) is 2.34. The molecule has 0 unspecified atom stereocenters. The first-order valence-corrected chi connectivity index (χ1v) is 11.0. The normalized spacial score (nSPS) is 18.1. The number of nitrogens with zero attached hydrogens (tertiary/aromatic N) is 4. The van der Waals surface area contributed by atoms with Crippen molar-refractivity contribution < 1.29 is 4.79 Å². The van der Waals surface area contributed by atoms with Gasteiger partial charge < -0.3 is 21.3 Å². The van der Waals surface area contributed by atoms with Crippen LogP contribution in [0.25, 0.3) is 10.6 Å². The number of piperidine rings is 1. The second-order valence-electron chi connectivity index (χ2n) is 8.03. The van der Waals surface area contributed by atoms with Gasteiger partial charge in [0, 0.05) is 36.8 Å². The van der Waals surface area contributed by atoms with Gasteiger partial charge in [0.25, 0.3) is 5.91 Å². The lowest BCUT2D eigenvalue weighted by molar-refractivity contribution is 0.102. The molecular weight excluding hydrogens is 400 g/mol. The Balaban J connectivity index is 1.33. The van der Waals surface area contributed by atoms with Gasteiger partial charge in [0.15, 0.2) is 5.82 Å². The lowest BCUT2D eigenvalue weighted by atomic mass is 9.78. The van der Waals surface area contributed by atoms with E-state index in [9.17, 15) is 4.79 Å². The maximum absolute atomic E-state index is 12.9. The summed E-state index contributed by atoms with van der Waals surface area (Å²) in [6.07, 6.45) is 8.57. The van der Waals surface area contributed by atoms with Crippen LogP contribution in [0.15, 0.2) is 30.0 Å². The van der Waals surface area contributed by atoms with Crippen LogP contribution in [0.4, 0.5) is 17.2 Å². The molecular formula is C20H24N8OS. The third-order valence-electron chi connectivity index (χ3n) is 6.07. The summed E-state index contributed by atoms with van der Waals surface area (Å²) in [7, 11) is 0. The highest BCUT2D eigenvalue weighted by Gasteiger charge is 2.37. The number of rotatable bonds is 4. The molecule has 10 heteroatoms. The highest BCUT2D eigenvalue weighted by molar-refractivity contribution is 7.13. The average Bonchev–Trinajstić information content (AvgIpc) is 3.51. The third-order valence-corrected chi connectivity index (χ3v) is 6.97. The summed E-state index contributed by atoms with van der Waals surface area (Å²) in [4.78, 5) is 24.1. The Bertz CT molecular complexity index is 1030. The summed E-state index contributed by atoms with van der Waals surface area (Å²) < 4.78 is 0. The summed E-state index contributed by atoms with van der Waals surface area (Å²) in [5.74, 6) is 0.492. The number of amides is 1. The Morgan fingerprint density at radius 3 is 2.87 bits per heavy atom. The molecule has 156 valence electrons. The summed E-state index contributed by atoms with van der Waals surface area (Å²) >= 11 is 1.40. The molecule has 0 bridgehead atoms. The number of aromatic amines is 1. The van der Waals surface area contributed by atoms with Crippen molar-refractivity contribution in [3.05, 3.63) is 35.7 Å². The number of H-pyrrole nitrogens is 1. The van der Waals surface area contributed by atoms with Gasteiger partial charge in [0.1, 0.15) is 10.7 Å².